The number of hydrogen-bond acceptors (Lipinski definition) is 3. The summed E-state index contributed by atoms with van der Waals surface area (Å²) in [5, 5.41) is 12.9. The second-order valence-corrected chi connectivity index (χ2v) is 4.86. The molecular weight excluding hydrogens is 254 g/mol. The minimum absolute atomic E-state index is 0.397. The molecule has 0 heterocycles. The van der Waals surface area contributed by atoms with Crippen molar-refractivity contribution in [3.63, 3.8) is 0 Å². The summed E-state index contributed by atoms with van der Waals surface area (Å²) in [5.74, 6) is 0. The molecular formula is C13H16ClNO3. The van der Waals surface area contributed by atoms with Gasteiger partial charge in [-0.2, -0.15) is 0 Å². The monoisotopic (exact) mass is 269 g/mol. The predicted molar refractivity (Wildman–Crippen MR) is 69.8 cm³/mol. The summed E-state index contributed by atoms with van der Waals surface area (Å²) >= 11 is 5.75. The topological polar surface area (TPSA) is 58.6 Å². The number of benzene rings is 1. The Hall–Kier alpha value is -1.26. The Labute approximate surface area is 111 Å². The fourth-order valence-corrected chi connectivity index (χ4v) is 2.16. The van der Waals surface area contributed by atoms with Crippen molar-refractivity contribution in [3.8, 4) is 0 Å². The molecule has 2 N–H and O–H groups in total. The van der Waals surface area contributed by atoms with Crippen LogP contribution in [0, 0.1) is 0 Å². The van der Waals surface area contributed by atoms with E-state index in [9.17, 15) is 9.90 Å². The maximum atomic E-state index is 11.6. The molecule has 1 amide bonds. The van der Waals surface area contributed by atoms with Crippen molar-refractivity contribution in [1.82, 2.24) is 0 Å². The standard InChI is InChI=1S/C13H16ClNO3/c14-9-5-7-10(8-6-9)15-13(17)18-12-4-2-1-3-11(12)16/h5-8,11-12,16H,1-4H2,(H,15,17)/t11-,12+/m0/s1. The highest BCUT2D eigenvalue weighted by Gasteiger charge is 2.26. The molecule has 18 heavy (non-hydrogen) atoms. The van der Waals surface area contributed by atoms with Crippen LogP contribution in [0.15, 0.2) is 24.3 Å². The molecule has 0 unspecified atom stereocenters. The first-order chi connectivity index (χ1) is 8.65. The largest absolute Gasteiger partial charge is 0.443 e. The maximum absolute atomic E-state index is 11.6. The van der Waals surface area contributed by atoms with E-state index in [-0.39, 0.29) is 0 Å². The molecule has 1 fully saturated rings. The molecule has 98 valence electrons. The van der Waals surface area contributed by atoms with Gasteiger partial charge in [0.2, 0.25) is 0 Å². The van der Waals surface area contributed by atoms with Crippen LogP contribution in [0.25, 0.3) is 0 Å². The van der Waals surface area contributed by atoms with E-state index >= 15 is 0 Å². The average Bonchev–Trinajstić information content (AvgIpc) is 2.35. The van der Waals surface area contributed by atoms with Crippen LogP contribution in [0.2, 0.25) is 5.02 Å². The normalized spacial score (nSPS) is 23.4. The summed E-state index contributed by atoms with van der Waals surface area (Å²) < 4.78 is 5.20. The smallest absolute Gasteiger partial charge is 0.411 e. The highest BCUT2D eigenvalue weighted by Crippen LogP contribution is 2.22. The third-order valence-corrected chi connectivity index (χ3v) is 3.27. The summed E-state index contributed by atoms with van der Waals surface area (Å²) in [4.78, 5) is 11.6. The van der Waals surface area contributed by atoms with Gasteiger partial charge in [0.15, 0.2) is 0 Å². The number of carbonyl (C=O) groups excluding carboxylic acids is 1. The molecule has 5 heteroatoms. The number of nitrogens with one attached hydrogen (secondary N) is 1. The van der Waals surface area contributed by atoms with E-state index in [0.29, 0.717) is 17.1 Å². The van der Waals surface area contributed by atoms with Crippen LogP contribution in [0.4, 0.5) is 10.5 Å². The average molecular weight is 270 g/mol. The van der Waals surface area contributed by atoms with Gasteiger partial charge in [-0.05, 0) is 43.5 Å². The van der Waals surface area contributed by atoms with Gasteiger partial charge in [-0.25, -0.2) is 4.79 Å². The predicted octanol–water partition coefficient (Wildman–Crippen LogP) is 3.19. The van der Waals surface area contributed by atoms with Gasteiger partial charge in [0.25, 0.3) is 0 Å². The van der Waals surface area contributed by atoms with Crippen molar-refractivity contribution in [2.75, 3.05) is 5.32 Å². The maximum Gasteiger partial charge on any atom is 0.411 e. The zero-order valence-corrected chi connectivity index (χ0v) is 10.7. The molecule has 1 aromatic rings. The first kappa shape index (κ1) is 13.2. The summed E-state index contributed by atoms with van der Waals surface area (Å²) in [6, 6.07) is 6.76. The molecule has 0 bridgehead atoms. The first-order valence-electron chi connectivity index (χ1n) is 6.06. The van der Waals surface area contributed by atoms with Crippen LogP contribution < -0.4 is 5.32 Å². The van der Waals surface area contributed by atoms with Crippen molar-refractivity contribution in [1.29, 1.82) is 0 Å². The second-order valence-electron chi connectivity index (χ2n) is 4.43. The zero-order valence-electron chi connectivity index (χ0n) is 9.93. The molecule has 0 radical (unpaired) electrons. The van der Waals surface area contributed by atoms with Crippen LogP contribution in [0.3, 0.4) is 0 Å². The second kappa shape index (κ2) is 6.07. The Morgan fingerprint density at radius 1 is 1.28 bits per heavy atom. The molecule has 0 spiro atoms. The van der Waals surface area contributed by atoms with Crippen molar-refractivity contribution in [2.24, 2.45) is 0 Å². The number of halogens is 1. The van der Waals surface area contributed by atoms with E-state index in [4.69, 9.17) is 16.3 Å². The molecule has 2 atom stereocenters. The number of aliphatic hydroxyl groups is 1. The summed E-state index contributed by atoms with van der Waals surface area (Å²) in [6.45, 7) is 0. The molecule has 4 nitrogen and oxygen atoms in total. The van der Waals surface area contributed by atoms with Gasteiger partial charge in [0.05, 0.1) is 6.10 Å². The molecule has 1 aliphatic rings. The minimum atomic E-state index is -0.547. The van der Waals surface area contributed by atoms with Crippen molar-refractivity contribution in [3.05, 3.63) is 29.3 Å². The number of aliphatic hydroxyl groups excluding tert-OH is 1. The van der Waals surface area contributed by atoms with Crippen LogP contribution in [0.1, 0.15) is 25.7 Å². The Kier molecular flexibility index (Phi) is 4.44. The third kappa shape index (κ3) is 3.62. The van der Waals surface area contributed by atoms with Gasteiger partial charge in [-0.1, -0.05) is 18.0 Å². The van der Waals surface area contributed by atoms with Gasteiger partial charge < -0.3 is 9.84 Å². The van der Waals surface area contributed by atoms with Crippen molar-refractivity contribution < 1.29 is 14.6 Å². The summed E-state index contributed by atoms with van der Waals surface area (Å²) in [6.07, 6.45) is 1.90. The molecule has 0 saturated heterocycles. The Morgan fingerprint density at radius 2 is 1.94 bits per heavy atom. The molecule has 1 saturated carbocycles. The van der Waals surface area contributed by atoms with Gasteiger partial charge in [-0.15, -0.1) is 0 Å². The van der Waals surface area contributed by atoms with E-state index in [1.54, 1.807) is 24.3 Å². The van der Waals surface area contributed by atoms with E-state index < -0.39 is 18.3 Å². The van der Waals surface area contributed by atoms with E-state index in [0.717, 1.165) is 19.3 Å². The van der Waals surface area contributed by atoms with Crippen LogP contribution in [0.5, 0.6) is 0 Å². The summed E-state index contributed by atoms with van der Waals surface area (Å²) in [5.41, 5.74) is 0.620. The molecule has 0 aromatic heterocycles. The number of amides is 1. The van der Waals surface area contributed by atoms with E-state index in [1.165, 1.54) is 0 Å². The van der Waals surface area contributed by atoms with Gasteiger partial charge in [0, 0.05) is 10.7 Å². The van der Waals surface area contributed by atoms with Crippen LogP contribution in [-0.4, -0.2) is 23.4 Å². The third-order valence-electron chi connectivity index (χ3n) is 3.02. The Morgan fingerprint density at radius 3 is 2.61 bits per heavy atom. The lowest BCUT2D eigenvalue weighted by Gasteiger charge is -2.27. The Bertz CT molecular complexity index is 407. The number of hydrogen-bond donors (Lipinski definition) is 2. The van der Waals surface area contributed by atoms with Crippen LogP contribution in [-0.2, 0) is 4.74 Å². The minimum Gasteiger partial charge on any atom is -0.443 e. The molecule has 1 aliphatic carbocycles. The number of rotatable bonds is 2. The highest BCUT2D eigenvalue weighted by molar-refractivity contribution is 6.30. The van der Waals surface area contributed by atoms with Gasteiger partial charge in [-0.3, -0.25) is 5.32 Å². The fraction of sp³-hybridized carbons (Fsp3) is 0.462. The highest BCUT2D eigenvalue weighted by atomic mass is 35.5. The lowest BCUT2D eigenvalue weighted by atomic mass is 9.95. The van der Waals surface area contributed by atoms with Crippen LogP contribution >= 0.6 is 11.6 Å². The molecule has 2 rings (SSSR count). The SMILES string of the molecule is O=C(Nc1ccc(Cl)cc1)O[C@@H]1CCCC[C@@H]1O. The fourth-order valence-electron chi connectivity index (χ4n) is 2.03. The van der Waals surface area contributed by atoms with Gasteiger partial charge in [0.1, 0.15) is 6.10 Å². The zero-order chi connectivity index (χ0) is 13.0. The summed E-state index contributed by atoms with van der Waals surface area (Å²) in [7, 11) is 0. The van der Waals surface area contributed by atoms with Crippen molar-refractivity contribution in [2.45, 2.75) is 37.9 Å². The molecule has 1 aromatic carbocycles. The lowest BCUT2D eigenvalue weighted by molar-refractivity contribution is -0.0165. The number of ether oxygens (including phenoxy) is 1. The quantitative estimate of drug-likeness (QED) is 0.867. The number of anilines is 1. The molecule has 0 aliphatic heterocycles. The van der Waals surface area contributed by atoms with Gasteiger partial charge >= 0.3 is 6.09 Å². The lowest BCUT2D eigenvalue weighted by Crippen LogP contribution is -2.35. The first-order valence-corrected chi connectivity index (χ1v) is 6.44. The van der Waals surface area contributed by atoms with E-state index in [2.05, 4.69) is 5.32 Å². The van der Waals surface area contributed by atoms with Crippen molar-refractivity contribution >= 4 is 23.4 Å². The number of carbonyl (C=O) groups is 1. The van der Waals surface area contributed by atoms with E-state index in [1.807, 2.05) is 0 Å². The Balaban J connectivity index is 1.86.